The van der Waals surface area contributed by atoms with E-state index in [1.165, 1.54) is 6.07 Å². The molecule has 2 aliphatic rings. The number of hydrogen-bond acceptors (Lipinski definition) is 3. The molecule has 2 aromatic rings. The van der Waals surface area contributed by atoms with Crippen LogP contribution in [-0.4, -0.2) is 33.5 Å². The van der Waals surface area contributed by atoms with Crippen LogP contribution in [0.1, 0.15) is 29.5 Å². The molecule has 24 heavy (non-hydrogen) atoms. The van der Waals surface area contributed by atoms with Crippen molar-refractivity contribution >= 4 is 5.91 Å². The average Bonchev–Trinajstić information content (AvgIpc) is 3.22. The number of benzene rings is 1. The maximum atomic E-state index is 14.1. The monoisotopic (exact) mass is 329 g/mol. The zero-order chi connectivity index (χ0) is 16.7. The topological polar surface area (TPSA) is 47.4 Å². The fraction of sp³-hybridized carbons (Fsp3) is 0.444. The molecule has 0 radical (unpaired) electrons. The Labute approximate surface area is 140 Å². The van der Waals surface area contributed by atoms with Gasteiger partial charge in [0.2, 0.25) is 5.91 Å². The van der Waals surface area contributed by atoms with Gasteiger partial charge in [-0.2, -0.15) is 0 Å². The molecule has 0 N–H and O–H groups in total. The molecule has 126 valence electrons. The van der Waals surface area contributed by atoms with E-state index in [-0.39, 0.29) is 23.7 Å². The number of aromatic nitrogens is 2. The zero-order valence-electron chi connectivity index (χ0n) is 13.6. The Morgan fingerprint density at radius 2 is 2.29 bits per heavy atom. The van der Waals surface area contributed by atoms with Crippen LogP contribution in [0.25, 0.3) is 0 Å². The molecule has 0 aliphatic carbocycles. The third kappa shape index (κ3) is 2.51. The summed E-state index contributed by atoms with van der Waals surface area (Å²) in [5, 5.41) is 0. The van der Waals surface area contributed by atoms with Crippen LogP contribution >= 0.6 is 0 Å². The standard InChI is InChI=1S/C18H20FN3O2/c1-21-9-7-20-17(21)16-13(6-10-24-16)18(23)22-8-5-12-3-2-4-15(19)14(12)11-22/h2-4,7,9,13,16H,5-6,8,10-11H2,1H3/t13-,16-/m1/s1. The van der Waals surface area contributed by atoms with Crippen LogP contribution in [0.4, 0.5) is 4.39 Å². The van der Waals surface area contributed by atoms with Crippen LogP contribution in [-0.2, 0) is 29.5 Å². The smallest absolute Gasteiger partial charge is 0.229 e. The number of carbonyl (C=O) groups is 1. The summed E-state index contributed by atoms with van der Waals surface area (Å²) < 4.78 is 21.7. The Hall–Kier alpha value is -2.21. The van der Waals surface area contributed by atoms with E-state index in [1.54, 1.807) is 17.2 Å². The molecule has 1 fully saturated rings. The SMILES string of the molecule is Cn1ccnc1[C@@H]1OCC[C@H]1C(=O)N1CCc2cccc(F)c2C1. The second-order valence-corrected chi connectivity index (χ2v) is 6.47. The van der Waals surface area contributed by atoms with Gasteiger partial charge < -0.3 is 14.2 Å². The summed E-state index contributed by atoms with van der Waals surface area (Å²) in [5.74, 6) is 0.330. The number of halogens is 1. The number of imidazole rings is 1. The van der Waals surface area contributed by atoms with Gasteiger partial charge in [-0.05, 0) is 24.5 Å². The lowest BCUT2D eigenvalue weighted by atomic mass is 9.95. The highest BCUT2D eigenvalue weighted by molar-refractivity contribution is 5.80. The highest BCUT2D eigenvalue weighted by Gasteiger charge is 2.40. The lowest BCUT2D eigenvalue weighted by Crippen LogP contribution is -2.41. The second kappa shape index (κ2) is 6.02. The summed E-state index contributed by atoms with van der Waals surface area (Å²) in [6.45, 7) is 1.51. The number of hydrogen-bond donors (Lipinski definition) is 0. The van der Waals surface area contributed by atoms with Gasteiger partial charge in [0.15, 0.2) is 0 Å². The van der Waals surface area contributed by atoms with Crippen molar-refractivity contribution in [3.05, 3.63) is 53.4 Å². The largest absolute Gasteiger partial charge is 0.369 e. The molecule has 1 aromatic heterocycles. The van der Waals surface area contributed by atoms with Crippen LogP contribution in [0.15, 0.2) is 30.6 Å². The van der Waals surface area contributed by atoms with Crippen molar-refractivity contribution < 1.29 is 13.9 Å². The van der Waals surface area contributed by atoms with Crippen molar-refractivity contribution in [3.63, 3.8) is 0 Å². The van der Waals surface area contributed by atoms with Crippen LogP contribution in [0.2, 0.25) is 0 Å². The van der Waals surface area contributed by atoms with Gasteiger partial charge in [-0.3, -0.25) is 4.79 Å². The maximum absolute atomic E-state index is 14.1. The normalized spacial score (nSPS) is 23.3. The molecule has 6 heteroatoms. The Morgan fingerprint density at radius 3 is 3.08 bits per heavy atom. The first-order valence-corrected chi connectivity index (χ1v) is 8.29. The van der Waals surface area contributed by atoms with Gasteiger partial charge in [0.1, 0.15) is 17.7 Å². The lowest BCUT2D eigenvalue weighted by Gasteiger charge is -2.32. The van der Waals surface area contributed by atoms with E-state index in [1.807, 2.05) is 23.9 Å². The molecule has 2 aliphatic heterocycles. The molecular formula is C18H20FN3O2. The summed E-state index contributed by atoms with van der Waals surface area (Å²) in [4.78, 5) is 19.1. The van der Waals surface area contributed by atoms with Crippen molar-refractivity contribution in [1.29, 1.82) is 0 Å². The predicted molar refractivity (Wildman–Crippen MR) is 85.5 cm³/mol. The second-order valence-electron chi connectivity index (χ2n) is 6.47. The number of amides is 1. The van der Waals surface area contributed by atoms with Crippen LogP contribution in [0.5, 0.6) is 0 Å². The van der Waals surface area contributed by atoms with Crippen LogP contribution in [0.3, 0.4) is 0 Å². The first-order chi connectivity index (χ1) is 11.6. The molecule has 0 bridgehead atoms. The minimum Gasteiger partial charge on any atom is -0.369 e. The van der Waals surface area contributed by atoms with Crippen molar-refractivity contribution in [2.24, 2.45) is 13.0 Å². The van der Waals surface area contributed by atoms with Gasteiger partial charge in [-0.1, -0.05) is 12.1 Å². The molecule has 2 atom stereocenters. The number of ether oxygens (including phenoxy) is 1. The molecule has 0 saturated carbocycles. The summed E-state index contributed by atoms with van der Waals surface area (Å²) in [5.41, 5.74) is 1.65. The summed E-state index contributed by atoms with van der Waals surface area (Å²) in [6, 6.07) is 5.13. The molecular weight excluding hydrogens is 309 g/mol. The van der Waals surface area contributed by atoms with E-state index in [0.29, 0.717) is 38.1 Å². The molecule has 1 aromatic carbocycles. The fourth-order valence-electron chi connectivity index (χ4n) is 3.71. The fourth-order valence-corrected chi connectivity index (χ4v) is 3.71. The Balaban J connectivity index is 1.56. The van der Waals surface area contributed by atoms with Gasteiger partial charge in [0.05, 0.1) is 5.92 Å². The summed E-state index contributed by atoms with van der Waals surface area (Å²) in [7, 11) is 1.90. The Morgan fingerprint density at radius 1 is 1.42 bits per heavy atom. The number of fused-ring (bicyclic) bond motifs is 1. The van der Waals surface area contributed by atoms with Gasteiger partial charge in [-0.25, -0.2) is 9.37 Å². The highest BCUT2D eigenvalue weighted by Crippen LogP contribution is 2.36. The van der Waals surface area contributed by atoms with E-state index < -0.39 is 0 Å². The van der Waals surface area contributed by atoms with Crippen molar-refractivity contribution in [3.8, 4) is 0 Å². The predicted octanol–water partition coefficient (Wildman–Crippen LogP) is 2.22. The van der Waals surface area contributed by atoms with E-state index in [9.17, 15) is 9.18 Å². The number of rotatable bonds is 2. The van der Waals surface area contributed by atoms with E-state index in [2.05, 4.69) is 4.98 Å². The van der Waals surface area contributed by atoms with Crippen LogP contribution < -0.4 is 0 Å². The number of nitrogens with zero attached hydrogens (tertiary/aromatic N) is 3. The lowest BCUT2D eigenvalue weighted by molar-refractivity contribution is -0.138. The van der Waals surface area contributed by atoms with Gasteiger partial charge >= 0.3 is 0 Å². The summed E-state index contributed by atoms with van der Waals surface area (Å²) >= 11 is 0. The first kappa shape index (κ1) is 15.3. The van der Waals surface area contributed by atoms with Crippen molar-refractivity contribution in [1.82, 2.24) is 14.5 Å². The molecule has 5 nitrogen and oxygen atoms in total. The Kier molecular flexibility index (Phi) is 3.84. The van der Waals surface area contributed by atoms with E-state index in [4.69, 9.17) is 4.74 Å². The molecule has 1 amide bonds. The van der Waals surface area contributed by atoms with Gasteiger partial charge in [-0.15, -0.1) is 0 Å². The van der Waals surface area contributed by atoms with Crippen molar-refractivity contribution in [2.45, 2.75) is 25.5 Å². The average molecular weight is 329 g/mol. The first-order valence-electron chi connectivity index (χ1n) is 8.29. The Bertz CT molecular complexity index is 773. The van der Waals surface area contributed by atoms with Crippen molar-refractivity contribution in [2.75, 3.05) is 13.2 Å². The third-order valence-electron chi connectivity index (χ3n) is 5.05. The van der Waals surface area contributed by atoms with Crippen LogP contribution in [0, 0.1) is 11.7 Å². The molecule has 3 heterocycles. The third-order valence-corrected chi connectivity index (χ3v) is 5.05. The molecule has 4 rings (SSSR count). The number of aryl methyl sites for hydroxylation is 1. The molecule has 0 spiro atoms. The highest BCUT2D eigenvalue weighted by atomic mass is 19.1. The van der Waals surface area contributed by atoms with Gasteiger partial charge in [0.25, 0.3) is 0 Å². The maximum Gasteiger partial charge on any atom is 0.229 e. The quantitative estimate of drug-likeness (QED) is 0.849. The zero-order valence-corrected chi connectivity index (χ0v) is 13.6. The summed E-state index contributed by atoms with van der Waals surface area (Å²) in [6.07, 6.45) is 4.62. The van der Waals surface area contributed by atoms with E-state index >= 15 is 0 Å². The minimum atomic E-state index is -0.320. The van der Waals surface area contributed by atoms with Gasteiger partial charge in [0, 0.05) is 44.7 Å². The van der Waals surface area contributed by atoms with E-state index in [0.717, 1.165) is 11.4 Å². The number of carbonyl (C=O) groups excluding carboxylic acids is 1. The minimum absolute atomic E-state index is 0.0365. The molecule has 0 unspecified atom stereocenters. The molecule has 1 saturated heterocycles.